The SMILES string of the molecule is N#Cc1ccc(N2CCN(CC(=O)Nc3ccccc3C(F)(F)F)CC2)cn1. The van der Waals surface area contributed by atoms with Gasteiger partial charge >= 0.3 is 6.18 Å². The number of carbonyl (C=O) groups is 1. The van der Waals surface area contributed by atoms with Crippen molar-refractivity contribution in [1.82, 2.24) is 9.88 Å². The Bertz CT molecular complexity index is 868. The topological polar surface area (TPSA) is 72.3 Å². The van der Waals surface area contributed by atoms with Gasteiger partial charge in [-0.05, 0) is 24.3 Å². The summed E-state index contributed by atoms with van der Waals surface area (Å²) in [5.74, 6) is -0.481. The molecule has 1 N–H and O–H groups in total. The first-order valence-electron chi connectivity index (χ1n) is 8.66. The van der Waals surface area contributed by atoms with Crippen LogP contribution >= 0.6 is 0 Å². The second-order valence-electron chi connectivity index (χ2n) is 6.37. The highest BCUT2D eigenvalue weighted by Gasteiger charge is 2.33. The molecule has 0 saturated carbocycles. The molecule has 3 rings (SSSR count). The zero-order valence-electron chi connectivity index (χ0n) is 14.9. The first kappa shape index (κ1) is 19.6. The van der Waals surface area contributed by atoms with Crippen molar-refractivity contribution in [3.8, 4) is 6.07 Å². The number of piperazine rings is 1. The molecular weight excluding hydrogens is 371 g/mol. The van der Waals surface area contributed by atoms with Crippen LogP contribution in [0.4, 0.5) is 24.5 Å². The maximum Gasteiger partial charge on any atom is 0.418 e. The van der Waals surface area contributed by atoms with Gasteiger partial charge in [-0.2, -0.15) is 18.4 Å². The molecule has 146 valence electrons. The molecule has 1 aliphatic heterocycles. The van der Waals surface area contributed by atoms with Crippen LogP contribution in [0.15, 0.2) is 42.6 Å². The molecule has 0 radical (unpaired) electrons. The number of para-hydroxylation sites is 1. The smallest absolute Gasteiger partial charge is 0.368 e. The van der Waals surface area contributed by atoms with E-state index in [1.165, 1.54) is 18.2 Å². The van der Waals surface area contributed by atoms with E-state index in [0.29, 0.717) is 31.9 Å². The van der Waals surface area contributed by atoms with E-state index < -0.39 is 17.6 Å². The molecule has 2 aromatic rings. The van der Waals surface area contributed by atoms with Crippen molar-refractivity contribution in [1.29, 1.82) is 5.26 Å². The fourth-order valence-electron chi connectivity index (χ4n) is 3.04. The number of rotatable bonds is 4. The third-order valence-electron chi connectivity index (χ3n) is 4.47. The number of halogens is 3. The molecule has 1 amide bonds. The summed E-state index contributed by atoms with van der Waals surface area (Å²) in [4.78, 5) is 20.2. The Morgan fingerprint density at radius 1 is 1.14 bits per heavy atom. The predicted octanol–water partition coefficient (Wildman–Crippen LogP) is 2.73. The van der Waals surface area contributed by atoms with E-state index in [1.807, 2.05) is 17.0 Å². The fourth-order valence-corrected chi connectivity index (χ4v) is 3.04. The van der Waals surface area contributed by atoms with Gasteiger partial charge in [0.05, 0.1) is 29.7 Å². The van der Waals surface area contributed by atoms with Gasteiger partial charge in [-0.15, -0.1) is 0 Å². The molecule has 0 spiro atoms. The minimum absolute atomic E-state index is 0.0195. The van der Waals surface area contributed by atoms with E-state index >= 15 is 0 Å². The van der Waals surface area contributed by atoms with Gasteiger partial charge < -0.3 is 10.2 Å². The molecule has 0 bridgehead atoms. The van der Waals surface area contributed by atoms with E-state index in [2.05, 4.69) is 15.2 Å². The summed E-state index contributed by atoms with van der Waals surface area (Å²) >= 11 is 0. The van der Waals surface area contributed by atoms with Crippen LogP contribution in [-0.2, 0) is 11.0 Å². The Labute approximate surface area is 160 Å². The molecule has 1 fully saturated rings. The molecular formula is C19H18F3N5O. The van der Waals surface area contributed by atoms with Gasteiger partial charge in [0.25, 0.3) is 0 Å². The number of nitrogens with one attached hydrogen (secondary N) is 1. The largest absolute Gasteiger partial charge is 0.418 e. The number of carbonyl (C=O) groups excluding carboxylic acids is 1. The number of anilines is 2. The fraction of sp³-hybridized carbons (Fsp3) is 0.316. The molecule has 28 heavy (non-hydrogen) atoms. The molecule has 1 aromatic carbocycles. The summed E-state index contributed by atoms with van der Waals surface area (Å²) in [5.41, 5.74) is 0.143. The number of nitriles is 1. The van der Waals surface area contributed by atoms with Gasteiger partial charge in [0.15, 0.2) is 0 Å². The maximum atomic E-state index is 13.0. The van der Waals surface area contributed by atoms with Crippen molar-refractivity contribution < 1.29 is 18.0 Å². The van der Waals surface area contributed by atoms with Crippen molar-refractivity contribution >= 4 is 17.3 Å². The van der Waals surface area contributed by atoms with Crippen LogP contribution in [0.2, 0.25) is 0 Å². The van der Waals surface area contributed by atoms with E-state index in [-0.39, 0.29) is 12.2 Å². The number of aromatic nitrogens is 1. The lowest BCUT2D eigenvalue weighted by molar-refractivity contribution is -0.137. The van der Waals surface area contributed by atoms with Crippen molar-refractivity contribution in [2.24, 2.45) is 0 Å². The van der Waals surface area contributed by atoms with Crippen LogP contribution < -0.4 is 10.2 Å². The Kier molecular flexibility index (Phi) is 5.80. The van der Waals surface area contributed by atoms with Crippen molar-refractivity contribution in [3.05, 3.63) is 53.9 Å². The number of hydrogen-bond acceptors (Lipinski definition) is 5. The lowest BCUT2D eigenvalue weighted by Gasteiger charge is -2.35. The maximum absolute atomic E-state index is 13.0. The Hall–Kier alpha value is -3.12. The van der Waals surface area contributed by atoms with Crippen LogP contribution in [-0.4, -0.2) is 48.5 Å². The van der Waals surface area contributed by atoms with E-state index in [0.717, 1.165) is 11.8 Å². The number of alkyl halides is 3. The zero-order chi connectivity index (χ0) is 20.1. The normalized spacial score (nSPS) is 15.1. The molecule has 0 unspecified atom stereocenters. The first-order chi connectivity index (χ1) is 13.4. The lowest BCUT2D eigenvalue weighted by Crippen LogP contribution is -2.48. The second-order valence-corrected chi connectivity index (χ2v) is 6.37. The third-order valence-corrected chi connectivity index (χ3v) is 4.47. The first-order valence-corrected chi connectivity index (χ1v) is 8.66. The number of hydrogen-bond donors (Lipinski definition) is 1. The van der Waals surface area contributed by atoms with Crippen molar-refractivity contribution in [2.45, 2.75) is 6.18 Å². The number of pyridine rings is 1. The highest BCUT2D eigenvalue weighted by molar-refractivity contribution is 5.93. The summed E-state index contributed by atoms with van der Waals surface area (Å²) in [7, 11) is 0. The van der Waals surface area contributed by atoms with Crippen LogP contribution in [0.25, 0.3) is 0 Å². The average molecular weight is 389 g/mol. The zero-order valence-corrected chi connectivity index (χ0v) is 14.9. The van der Waals surface area contributed by atoms with Crippen LogP contribution in [0.5, 0.6) is 0 Å². The van der Waals surface area contributed by atoms with Crippen LogP contribution in [0, 0.1) is 11.3 Å². The van der Waals surface area contributed by atoms with Crippen LogP contribution in [0.3, 0.4) is 0 Å². The predicted molar refractivity (Wildman–Crippen MR) is 97.7 cm³/mol. The summed E-state index contributed by atoms with van der Waals surface area (Å²) < 4.78 is 39.1. The molecule has 6 nitrogen and oxygen atoms in total. The lowest BCUT2D eigenvalue weighted by atomic mass is 10.1. The second kappa shape index (κ2) is 8.27. The highest BCUT2D eigenvalue weighted by atomic mass is 19.4. The van der Waals surface area contributed by atoms with E-state index in [4.69, 9.17) is 5.26 Å². The quantitative estimate of drug-likeness (QED) is 0.871. The van der Waals surface area contributed by atoms with Gasteiger partial charge in [0.1, 0.15) is 11.8 Å². The molecule has 1 aromatic heterocycles. The summed E-state index contributed by atoms with van der Waals surface area (Å²) in [6.07, 6.45) is -2.89. The van der Waals surface area contributed by atoms with Gasteiger partial charge in [-0.1, -0.05) is 12.1 Å². The Morgan fingerprint density at radius 2 is 1.86 bits per heavy atom. The Morgan fingerprint density at radius 3 is 2.46 bits per heavy atom. The van der Waals surface area contributed by atoms with Gasteiger partial charge in [0, 0.05) is 26.2 Å². The molecule has 1 saturated heterocycles. The van der Waals surface area contributed by atoms with E-state index in [9.17, 15) is 18.0 Å². The van der Waals surface area contributed by atoms with Gasteiger partial charge in [0.2, 0.25) is 5.91 Å². The van der Waals surface area contributed by atoms with E-state index in [1.54, 1.807) is 12.3 Å². The van der Waals surface area contributed by atoms with Gasteiger partial charge in [-0.3, -0.25) is 9.69 Å². The molecule has 2 heterocycles. The minimum Gasteiger partial charge on any atom is -0.368 e. The standard InChI is InChI=1S/C19H18F3N5O/c20-19(21,22)16-3-1-2-4-17(16)25-18(28)13-26-7-9-27(10-8-26)15-6-5-14(11-23)24-12-15/h1-6,12H,7-10,13H2,(H,25,28). The number of nitrogens with zero attached hydrogens (tertiary/aromatic N) is 4. The highest BCUT2D eigenvalue weighted by Crippen LogP contribution is 2.34. The Balaban J connectivity index is 1.54. The van der Waals surface area contributed by atoms with Gasteiger partial charge in [-0.25, -0.2) is 4.98 Å². The number of amides is 1. The minimum atomic E-state index is -4.52. The summed E-state index contributed by atoms with van der Waals surface area (Å²) in [6, 6.07) is 10.4. The summed E-state index contributed by atoms with van der Waals surface area (Å²) in [5, 5.41) is 11.2. The summed E-state index contributed by atoms with van der Waals surface area (Å²) in [6.45, 7) is 2.51. The molecule has 0 aliphatic carbocycles. The molecule has 9 heteroatoms. The number of benzene rings is 1. The monoisotopic (exact) mass is 389 g/mol. The molecule has 1 aliphatic rings. The van der Waals surface area contributed by atoms with Crippen molar-refractivity contribution in [2.75, 3.05) is 42.9 Å². The average Bonchev–Trinajstić information content (AvgIpc) is 2.68. The van der Waals surface area contributed by atoms with Crippen LogP contribution in [0.1, 0.15) is 11.3 Å². The third kappa shape index (κ3) is 4.78. The van der Waals surface area contributed by atoms with Crippen molar-refractivity contribution in [3.63, 3.8) is 0 Å². The molecule has 0 atom stereocenters.